The molecule has 2 saturated heterocycles. The monoisotopic (exact) mass is 268 g/mol. The van der Waals surface area contributed by atoms with Crippen molar-refractivity contribution in [3.8, 4) is 0 Å². The van der Waals surface area contributed by atoms with Crippen molar-refractivity contribution in [2.45, 2.75) is 24.9 Å². The molecule has 98 valence electrons. The summed E-state index contributed by atoms with van der Waals surface area (Å²) in [6, 6.07) is 0.718. The number of ether oxygens (including phenoxy) is 1. The average molecular weight is 268 g/mol. The van der Waals surface area contributed by atoms with Gasteiger partial charge in [0.1, 0.15) is 12.1 Å². The molecule has 0 aromatic carbocycles. The summed E-state index contributed by atoms with van der Waals surface area (Å²) < 4.78 is 4.94. The van der Waals surface area contributed by atoms with Crippen LogP contribution in [0, 0.1) is 0 Å². The molecule has 7 heteroatoms. The fraction of sp³-hybridized carbons (Fsp3) is 0.727. The molecule has 1 aromatic rings. The number of anilines is 1. The Morgan fingerprint density at radius 1 is 1.50 bits per heavy atom. The maximum Gasteiger partial charge on any atom is 0.248 e. The molecule has 1 amide bonds. The highest BCUT2D eigenvalue weighted by molar-refractivity contribution is 7.13. The van der Waals surface area contributed by atoms with Gasteiger partial charge < -0.3 is 14.5 Å². The molecule has 1 aromatic heterocycles. The molecule has 0 saturated carbocycles. The Bertz CT molecular complexity index is 425. The lowest BCUT2D eigenvalue weighted by atomic mass is 10.1. The predicted octanol–water partition coefficient (Wildman–Crippen LogP) is 0.364. The first kappa shape index (κ1) is 11.9. The van der Waals surface area contributed by atoms with Crippen LogP contribution < -0.4 is 4.90 Å². The van der Waals surface area contributed by atoms with Gasteiger partial charge in [-0.3, -0.25) is 4.79 Å². The summed E-state index contributed by atoms with van der Waals surface area (Å²) in [5.74, 6) is 0.101. The minimum Gasteiger partial charge on any atom is -0.375 e. The van der Waals surface area contributed by atoms with Crippen molar-refractivity contribution in [1.82, 2.24) is 15.1 Å². The van der Waals surface area contributed by atoms with Gasteiger partial charge in [0.2, 0.25) is 11.0 Å². The largest absolute Gasteiger partial charge is 0.375 e. The van der Waals surface area contributed by atoms with Gasteiger partial charge in [-0.1, -0.05) is 11.3 Å². The van der Waals surface area contributed by atoms with Gasteiger partial charge in [-0.15, -0.1) is 10.2 Å². The predicted molar refractivity (Wildman–Crippen MR) is 67.7 cm³/mol. The third kappa shape index (κ3) is 1.87. The molecule has 2 atom stereocenters. The van der Waals surface area contributed by atoms with Crippen LogP contribution >= 0.6 is 11.3 Å². The first-order valence-electron chi connectivity index (χ1n) is 6.12. The SMILES string of the molecule is COCC(=O)N1CC[C@H]2[C@H]1CCN2c1nncs1. The first-order valence-corrected chi connectivity index (χ1v) is 7.00. The van der Waals surface area contributed by atoms with E-state index in [9.17, 15) is 4.79 Å². The molecular formula is C11H16N4O2S. The number of nitrogens with zero attached hydrogens (tertiary/aromatic N) is 4. The summed E-state index contributed by atoms with van der Waals surface area (Å²) in [6.07, 6.45) is 2.03. The van der Waals surface area contributed by atoms with E-state index < -0.39 is 0 Å². The van der Waals surface area contributed by atoms with Gasteiger partial charge in [0.05, 0.1) is 12.1 Å². The van der Waals surface area contributed by atoms with Crippen molar-refractivity contribution in [2.75, 3.05) is 31.7 Å². The van der Waals surface area contributed by atoms with E-state index in [2.05, 4.69) is 15.1 Å². The summed E-state index contributed by atoms with van der Waals surface area (Å²) in [7, 11) is 1.56. The molecule has 0 N–H and O–H groups in total. The van der Waals surface area contributed by atoms with Crippen LogP contribution in [0.3, 0.4) is 0 Å². The van der Waals surface area contributed by atoms with E-state index in [4.69, 9.17) is 4.74 Å². The molecule has 18 heavy (non-hydrogen) atoms. The number of likely N-dealkylation sites (tertiary alicyclic amines) is 1. The third-order valence-electron chi connectivity index (χ3n) is 3.76. The Morgan fingerprint density at radius 2 is 2.33 bits per heavy atom. The lowest BCUT2D eigenvalue weighted by Crippen LogP contribution is -2.41. The second-order valence-electron chi connectivity index (χ2n) is 4.65. The van der Waals surface area contributed by atoms with Crippen molar-refractivity contribution in [1.29, 1.82) is 0 Å². The molecule has 0 bridgehead atoms. The maximum atomic E-state index is 11.9. The Kier molecular flexibility index (Phi) is 3.17. The molecule has 2 aliphatic rings. The highest BCUT2D eigenvalue weighted by atomic mass is 32.1. The Hall–Kier alpha value is -1.21. The van der Waals surface area contributed by atoms with Crippen molar-refractivity contribution in [3.63, 3.8) is 0 Å². The van der Waals surface area contributed by atoms with Crippen molar-refractivity contribution < 1.29 is 9.53 Å². The van der Waals surface area contributed by atoms with Crippen LogP contribution in [0.15, 0.2) is 5.51 Å². The maximum absolute atomic E-state index is 11.9. The minimum absolute atomic E-state index is 0.101. The van der Waals surface area contributed by atoms with Gasteiger partial charge in [-0.2, -0.15) is 0 Å². The molecule has 0 unspecified atom stereocenters. The number of amides is 1. The van der Waals surface area contributed by atoms with Crippen molar-refractivity contribution in [2.24, 2.45) is 0 Å². The zero-order valence-corrected chi connectivity index (χ0v) is 11.1. The van der Waals surface area contributed by atoms with E-state index in [1.807, 2.05) is 4.90 Å². The van der Waals surface area contributed by atoms with Gasteiger partial charge in [0.25, 0.3) is 0 Å². The molecule has 0 aliphatic carbocycles. The van der Waals surface area contributed by atoms with Crippen LogP contribution in [0.5, 0.6) is 0 Å². The van der Waals surface area contributed by atoms with Crippen LogP contribution in [0.1, 0.15) is 12.8 Å². The number of carbonyl (C=O) groups excluding carboxylic acids is 1. The molecule has 3 heterocycles. The van der Waals surface area contributed by atoms with Crippen LogP contribution in [-0.4, -0.2) is 59.9 Å². The Morgan fingerprint density at radius 3 is 3.06 bits per heavy atom. The summed E-state index contributed by atoms with van der Waals surface area (Å²) in [5, 5.41) is 9.00. The molecule has 2 aliphatic heterocycles. The number of fused-ring (bicyclic) bond motifs is 1. The standard InChI is InChI=1S/C11H16N4O2S/c1-17-6-10(16)14-4-2-9-8(14)3-5-15(9)11-13-12-7-18-11/h7-9H,2-6H2,1H3/t8-,9+/m1/s1. The molecular weight excluding hydrogens is 252 g/mol. The summed E-state index contributed by atoms with van der Waals surface area (Å²) in [5.41, 5.74) is 1.76. The number of aromatic nitrogens is 2. The van der Waals surface area contributed by atoms with Gasteiger partial charge in [-0.05, 0) is 12.8 Å². The Balaban J connectivity index is 1.72. The summed E-state index contributed by atoms with van der Waals surface area (Å²) in [4.78, 5) is 16.2. The van der Waals surface area contributed by atoms with Crippen LogP contribution in [0.4, 0.5) is 5.13 Å². The normalized spacial score (nSPS) is 26.7. The van der Waals surface area contributed by atoms with Gasteiger partial charge in [0, 0.05) is 20.2 Å². The molecule has 3 rings (SSSR count). The van der Waals surface area contributed by atoms with Crippen LogP contribution in [0.25, 0.3) is 0 Å². The molecule has 6 nitrogen and oxygen atoms in total. The number of hydrogen-bond donors (Lipinski definition) is 0. The number of hydrogen-bond acceptors (Lipinski definition) is 6. The molecule has 0 spiro atoms. The van der Waals surface area contributed by atoms with E-state index in [0.717, 1.165) is 31.1 Å². The molecule has 0 radical (unpaired) electrons. The second-order valence-corrected chi connectivity index (χ2v) is 5.46. The topological polar surface area (TPSA) is 58.6 Å². The van der Waals surface area contributed by atoms with E-state index >= 15 is 0 Å². The lowest BCUT2D eigenvalue weighted by molar-refractivity contribution is -0.135. The van der Waals surface area contributed by atoms with E-state index in [0.29, 0.717) is 12.1 Å². The number of rotatable bonds is 3. The van der Waals surface area contributed by atoms with E-state index in [1.165, 1.54) is 0 Å². The minimum atomic E-state index is 0.101. The summed E-state index contributed by atoms with van der Waals surface area (Å²) in [6.45, 7) is 1.97. The summed E-state index contributed by atoms with van der Waals surface area (Å²) >= 11 is 1.56. The van der Waals surface area contributed by atoms with Crippen LogP contribution in [0.2, 0.25) is 0 Å². The Labute approximate surface area is 110 Å². The average Bonchev–Trinajstić information content (AvgIpc) is 3.05. The quantitative estimate of drug-likeness (QED) is 0.792. The number of methoxy groups -OCH3 is 1. The third-order valence-corrected chi connectivity index (χ3v) is 4.49. The fourth-order valence-electron chi connectivity index (χ4n) is 3.03. The van der Waals surface area contributed by atoms with Gasteiger partial charge in [0.15, 0.2) is 0 Å². The number of carbonyl (C=O) groups is 1. The van der Waals surface area contributed by atoms with Crippen molar-refractivity contribution >= 4 is 22.4 Å². The first-order chi connectivity index (χ1) is 8.81. The highest BCUT2D eigenvalue weighted by Gasteiger charge is 2.45. The van der Waals surface area contributed by atoms with E-state index in [-0.39, 0.29) is 12.5 Å². The van der Waals surface area contributed by atoms with Crippen LogP contribution in [-0.2, 0) is 9.53 Å². The zero-order chi connectivity index (χ0) is 12.5. The van der Waals surface area contributed by atoms with E-state index in [1.54, 1.807) is 24.0 Å². The highest BCUT2D eigenvalue weighted by Crippen LogP contribution is 2.35. The molecule has 2 fully saturated rings. The van der Waals surface area contributed by atoms with Crippen molar-refractivity contribution in [3.05, 3.63) is 5.51 Å². The smallest absolute Gasteiger partial charge is 0.248 e. The second kappa shape index (κ2) is 4.81. The zero-order valence-electron chi connectivity index (χ0n) is 10.3. The fourth-order valence-corrected chi connectivity index (χ4v) is 3.68. The van der Waals surface area contributed by atoms with Gasteiger partial charge in [-0.25, -0.2) is 0 Å². The van der Waals surface area contributed by atoms with Gasteiger partial charge >= 0.3 is 0 Å². The lowest BCUT2D eigenvalue weighted by Gasteiger charge is -2.24.